The zero-order valence-electron chi connectivity index (χ0n) is 11.1. The van der Waals surface area contributed by atoms with Gasteiger partial charge in [-0.05, 0) is 39.7 Å². The molecule has 0 aliphatic carbocycles. The summed E-state index contributed by atoms with van der Waals surface area (Å²) in [5.41, 5.74) is 0. The molecular formula is C13H28N2. The van der Waals surface area contributed by atoms with Crippen LogP contribution in [0.4, 0.5) is 0 Å². The van der Waals surface area contributed by atoms with Gasteiger partial charge in [0, 0.05) is 24.7 Å². The number of nitrogens with one attached hydrogen (secondary N) is 1. The molecule has 0 saturated carbocycles. The predicted octanol–water partition coefficient (Wildman–Crippen LogP) is 2.49. The van der Waals surface area contributed by atoms with Crippen LogP contribution in [0.2, 0.25) is 0 Å². The normalized spacial score (nSPS) is 35.4. The first-order valence-electron chi connectivity index (χ1n) is 6.50. The summed E-state index contributed by atoms with van der Waals surface area (Å²) in [5, 5.41) is 3.79. The van der Waals surface area contributed by atoms with Crippen LogP contribution in [0.25, 0.3) is 0 Å². The second-order valence-electron chi connectivity index (χ2n) is 5.46. The standard InChI is InChI=1S/C13H28N2/c1-6-7-11(3)14-13-8-12(4)15(5)9-10(13)2/h10-14H,6-9H2,1-5H3. The summed E-state index contributed by atoms with van der Waals surface area (Å²) in [4.78, 5) is 2.48. The maximum absolute atomic E-state index is 3.79. The second kappa shape index (κ2) is 5.86. The largest absolute Gasteiger partial charge is 0.311 e. The minimum atomic E-state index is 0.679. The monoisotopic (exact) mass is 212 g/mol. The first-order chi connectivity index (χ1) is 7.04. The van der Waals surface area contributed by atoms with Crippen LogP contribution in [-0.2, 0) is 0 Å². The Hall–Kier alpha value is -0.0800. The third kappa shape index (κ3) is 3.76. The molecule has 0 radical (unpaired) electrons. The van der Waals surface area contributed by atoms with E-state index in [1.54, 1.807) is 0 Å². The minimum Gasteiger partial charge on any atom is -0.311 e. The third-order valence-electron chi connectivity index (χ3n) is 3.83. The molecular weight excluding hydrogens is 184 g/mol. The highest BCUT2D eigenvalue weighted by Gasteiger charge is 2.29. The Kier molecular flexibility index (Phi) is 5.07. The lowest BCUT2D eigenvalue weighted by Crippen LogP contribution is -2.52. The van der Waals surface area contributed by atoms with Gasteiger partial charge in [-0.25, -0.2) is 0 Å². The van der Waals surface area contributed by atoms with Crippen LogP contribution in [0.5, 0.6) is 0 Å². The van der Waals surface area contributed by atoms with Crippen molar-refractivity contribution in [1.29, 1.82) is 0 Å². The van der Waals surface area contributed by atoms with Crippen LogP contribution < -0.4 is 5.32 Å². The lowest BCUT2D eigenvalue weighted by molar-refractivity contribution is 0.116. The van der Waals surface area contributed by atoms with Crippen LogP contribution in [-0.4, -0.2) is 36.6 Å². The first-order valence-corrected chi connectivity index (χ1v) is 6.50. The first kappa shape index (κ1) is 13.0. The topological polar surface area (TPSA) is 15.3 Å². The summed E-state index contributed by atoms with van der Waals surface area (Å²) in [7, 11) is 2.24. The summed E-state index contributed by atoms with van der Waals surface area (Å²) >= 11 is 0. The van der Waals surface area contributed by atoms with Crippen LogP contribution >= 0.6 is 0 Å². The molecule has 0 aromatic rings. The van der Waals surface area contributed by atoms with E-state index in [0.29, 0.717) is 6.04 Å². The number of hydrogen-bond donors (Lipinski definition) is 1. The Balaban J connectivity index is 2.40. The van der Waals surface area contributed by atoms with Gasteiger partial charge in [-0.15, -0.1) is 0 Å². The van der Waals surface area contributed by atoms with Gasteiger partial charge in [0.2, 0.25) is 0 Å². The summed E-state index contributed by atoms with van der Waals surface area (Å²) in [5.74, 6) is 0.783. The van der Waals surface area contributed by atoms with Crippen molar-refractivity contribution in [2.45, 2.75) is 65.1 Å². The van der Waals surface area contributed by atoms with E-state index in [-0.39, 0.29) is 0 Å². The van der Waals surface area contributed by atoms with E-state index in [2.05, 4.69) is 45.0 Å². The van der Waals surface area contributed by atoms with Crippen LogP contribution in [0.1, 0.15) is 47.0 Å². The van der Waals surface area contributed by atoms with Gasteiger partial charge in [0.05, 0.1) is 0 Å². The number of nitrogens with zero attached hydrogens (tertiary/aromatic N) is 1. The predicted molar refractivity (Wildman–Crippen MR) is 67.2 cm³/mol. The maximum Gasteiger partial charge on any atom is 0.0122 e. The highest BCUT2D eigenvalue weighted by atomic mass is 15.2. The van der Waals surface area contributed by atoms with E-state index >= 15 is 0 Å². The molecule has 1 fully saturated rings. The van der Waals surface area contributed by atoms with Crippen molar-refractivity contribution < 1.29 is 0 Å². The van der Waals surface area contributed by atoms with Crippen LogP contribution in [0, 0.1) is 5.92 Å². The Morgan fingerprint density at radius 2 is 2.07 bits per heavy atom. The van der Waals surface area contributed by atoms with Crippen molar-refractivity contribution >= 4 is 0 Å². The number of likely N-dealkylation sites (tertiary alicyclic amines) is 1. The fourth-order valence-corrected chi connectivity index (χ4v) is 2.66. The van der Waals surface area contributed by atoms with Gasteiger partial charge in [-0.1, -0.05) is 20.3 Å². The quantitative estimate of drug-likeness (QED) is 0.770. The molecule has 2 nitrogen and oxygen atoms in total. The Morgan fingerprint density at radius 3 is 2.67 bits per heavy atom. The summed E-state index contributed by atoms with van der Waals surface area (Å²) in [6.07, 6.45) is 3.88. The molecule has 4 atom stereocenters. The molecule has 4 unspecified atom stereocenters. The SMILES string of the molecule is CCCC(C)NC1CC(C)N(C)CC1C. The molecule has 90 valence electrons. The number of rotatable bonds is 4. The Morgan fingerprint density at radius 1 is 1.40 bits per heavy atom. The fraction of sp³-hybridized carbons (Fsp3) is 1.00. The molecule has 1 heterocycles. The van der Waals surface area contributed by atoms with Crippen molar-refractivity contribution in [3.05, 3.63) is 0 Å². The van der Waals surface area contributed by atoms with Gasteiger partial charge in [-0.3, -0.25) is 0 Å². The Labute approximate surface area is 95.4 Å². The highest BCUT2D eigenvalue weighted by molar-refractivity contribution is 4.87. The molecule has 0 amide bonds. The van der Waals surface area contributed by atoms with Gasteiger partial charge in [0.25, 0.3) is 0 Å². The lowest BCUT2D eigenvalue weighted by atomic mass is 9.89. The van der Waals surface area contributed by atoms with Gasteiger partial charge in [0.15, 0.2) is 0 Å². The molecule has 15 heavy (non-hydrogen) atoms. The van der Waals surface area contributed by atoms with Crippen molar-refractivity contribution in [3.63, 3.8) is 0 Å². The van der Waals surface area contributed by atoms with E-state index in [1.807, 2.05) is 0 Å². The highest BCUT2D eigenvalue weighted by Crippen LogP contribution is 2.21. The molecule has 2 heteroatoms. The van der Waals surface area contributed by atoms with Crippen molar-refractivity contribution in [2.75, 3.05) is 13.6 Å². The van der Waals surface area contributed by atoms with Gasteiger partial charge in [0.1, 0.15) is 0 Å². The molecule has 1 N–H and O–H groups in total. The summed E-state index contributed by atoms with van der Waals surface area (Å²) in [6.45, 7) is 10.5. The zero-order valence-corrected chi connectivity index (χ0v) is 11.1. The third-order valence-corrected chi connectivity index (χ3v) is 3.83. The van der Waals surface area contributed by atoms with E-state index in [4.69, 9.17) is 0 Å². The summed E-state index contributed by atoms with van der Waals surface area (Å²) in [6, 6.07) is 2.13. The fourth-order valence-electron chi connectivity index (χ4n) is 2.66. The average Bonchev–Trinajstić information content (AvgIpc) is 2.14. The number of piperidine rings is 1. The van der Waals surface area contributed by atoms with E-state index in [1.165, 1.54) is 25.8 Å². The van der Waals surface area contributed by atoms with Crippen molar-refractivity contribution in [1.82, 2.24) is 10.2 Å². The molecule has 0 spiro atoms. The molecule has 0 aromatic carbocycles. The van der Waals surface area contributed by atoms with E-state index < -0.39 is 0 Å². The van der Waals surface area contributed by atoms with Gasteiger partial charge in [-0.2, -0.15) is 0 Å². The van der Waals surface area contributed by atoms with Crippen LogP contribution in [0.3, 0.4) is 0 Å². The molecule has 1 aliphatic heterocycles. The Bertz CT molecular complexity index is 181. The minimum absolute atomic E-state index is 0.679. The van der Waals surface area contributed by atoms with Crippen molar-refractivity contribution in [3.8, 4) is 0 Å². The van der Waals surface area contributed by atoms with Gasteiger partial charge >= 0.3 is 0 Å². The van der Waals surface area contributed by atoms with E-state index in [0.717, 1.165) is 18.0 Å². The smallest absolute Gasteiger partial charge is 0.0122 e. The maximum atomic E-state index is 3.79. The zero-order chi connectivity index (χ0) is 11.4. The van der Waals surface area contributed by atoms with Gasteiger partial charge < -0.3 is 10.2 Å². The van der Waals surface area contributed by atoms with Crippen LogP contribution in [0.15, 0.2) is 0 Å². The lowest BCUT2D eigenvalue weighted by Gasteiger charge is -2.41. The van der Waals surface area contributed by atoms with E-state index in [9.17, 15) is 0 Å². The second-order valence-corrected chi connectivity index (χ2v) is 5.46. The summed E-state index contributed by atoms with van der Waals surface area (Å²) < 4.78 is 0. The molecule has 0 aromatic heterocycles. The molecule has 1 aliphatic rings. The molecule has 1 rings (SSSR count). The number of hydrogen-bond acceptors (Lipinski definition) is 2. The average molecular weight is 212 g/mol. The molecule has 0 bridgehead atoms. The molecule has 1 saturated heterocycles. The van der Waals surface area contributed by atoms with Crippen molar-refractivity contribution in [2.24, 2.45) is 5.92 Å².